The van der Waals surface area contributed by atoms with E-state index in [2.05, 4.69) is 10.6 Å². The first-order valence-electron chi connectivity index (χ1n) is 7.27. The summed E-state index contributed by atoms with van der Waals surface area (Å²) in [5.41, 5.74) is 1.05. The van der Waals surface area contributed by atoms with Crippen molar-refractivity contribution >= 4 is 16.8 Å². The number of hydrogen-bond donors (Lipinski definition) is 2. The molecule has 21 heavy (non-hydrogen) atoms. The van der Waals surface area contributed by atoms with E-state index in [1.807, 2.05) is 24.3 Å². The van der Waals surface area contributed by atoms with Gasteiger partial charge in [-0.25, -0.2) is 0 Å². The van der Waals surface area contributed by atoms with Crippen LogP contribution in [0.15, 0.2) is 35.1 Å². The van der Waals surface area contributed by atoms with Crippen molar-refractivity contribution in [2.24, 2.45) is 7.05 Å². The summed E-state index contributed by atoms with van der Waals surface area (Å²) in [5.74, 6) is -0.183. The molecule has 1 aromatic heterocycles. The van der Waals surface area contributed by atoms with E-state index in [1.54, 1.807) is 11.6 Å². The first-order valence-corrected chi connectivity index (χ1v) is 7.27. The third kappa shape index (κ3) is 2.69. The number of fused-ring (bicyclic) bond motifs is 1. The molecule has 1 aromatic carbocycles. The number of carbonyl (C=O) groups is 1. The zero-order chi connectivity index (χ0) is 14.8. The van der Waals surface area contributed by atoms with E-state index in [-0.39, 0.29) is 11.5 Å². The van der Waals surface area contributed by atoms with E-state index < -0.39 is 0 Å². The second kappa shape index (κ2) is 5.69. The summed E-state index contributed by atoms with van der Waals surface area (Å²) in [6.45, 7) is 1.61. The Morgan fingerprint density at radius 3 is 3.00 bits per heavy atom. The van der Waals surface area contributed by atoms with Crippen LogP contribution in [-0.4, -0.2) is 29.6 Å². The molecule has 2 N–H and O–H groups in total. The summed E-state index contributed by atoms with van der Waals surface area (Å²) < 4.78 is 1.56. The van der Waals surface area contributed by atoms with Crippen molar-refractivity contribution in [2.45, 2.75) is 18.9 Å². The van der Waals surface area contributed by atoms with Gasteiger partial charge in [0.15, 0.2) is 0 Å². The Kier molecular flexibility index (Phi) is 3.75. The molecule has 0 aliphatic carbocycles. The van der Waals surface area contributed by atoms with Crippen LogP contribution in [0.1, 0.15) is 23.2 Å². The fourth-order valence-corrected chi connectivity index (χ4v) is 2.84. The van der Waals surface area contributed by atoms with E-state index in [0.717, 1.165) is 30.3 Å². The van der Waals surface area contributed by atoms with E-state index in [1.165, 1.54) is 6.07 Å². The van der Waals surface area contributed by atoms with Gasteiger partial charge in [-0.1, -0.05) is 18.2 Å². The third-order valence-corrected chi connectivity index (χ3v) is 4.07. The number of aryl methyl sites for hydroxylation is 1. The second-order valence-corrected chi connectivity index (χ2v) is 5.48. The zero-order valence-electron chi connectivity index (χ0n) is 12.1. The highest BCUT2D eigenvalue weighted by molar-refractivity contribution is 6.06. The fourth-order valence-electron chi connectivity index (χ4n) is 2.84. The largest absolute Gasteiger partial charge is 0.350 e. The molecule has 0 unspecified atom stereocenters. The molecule has 0 bridgehead atoms. The van der Waals surface area contributed by atoms with Crippen LogP contribution in [0.2, 0.25) is 0 Å². The molecule has 1 aliphatic heterocycles. The van der Waals surface area contributed by atoms with Crippen LogP contribution in [0.4, 0.5) is 0 Å². The van der Waals surface area contributed by atoms with Gasteiger partial charge in [-0.3, -0.25) is 9.59 Å². The predicted molar refractivity (Wildman–Crippen MR) is 82.5 cm³/mol. The molecular formula is C16H19N3O2. The predicted octanol–water partition coefficient (Wildman–Crippen LogP) is 1.02. The lowest BCUT2D eigenvalue weighted by atomic mass is 10.1. The highest BCUT2D eigenvalue weighted by Crippen LogP contribution is 2.16. The number of nitrogens with zero attached hydrogens (tertiary/aromatic N) is 1. The number of carbonyl (C=O) groups excluding carboxylic acids is 1. The normalized spacial score (nSPS) is 18.0. The molecule has 0 spiro atoms. The molecule has 2 heterocycles. The van der Waals surface area contributed by atoms with Crippen molar-refractivity contribution in [3.05, 3.63) is 46.2 Å². The molecule has 1 saturated heterocycles. The number of benzene rings is 1. The number of nitrogens with one attached hydrogen (secondary N) is 2. The maximum absolute atomic E-state index is 12.4. The first-order chi connectivity index (χ1) is 10.2. The summed E-state index contributed by atoms with van der Waals surface area (Å²) in [4.78, 5) is 24.4. The zero-order valence-corrected chi connectivity index (χ0v) is 12.1. The maximum atomic E-state index is 12.4. The Morgan fingerprint density at radius 1 is 1.43 bits per heavy atom. The van der Waals surface area contributed by atoms with Crippen LogP contribution in [0.25, 0.3) is 10.9 Å². The number of aromatic nitrogens is 1. The average molecular weight is 285 g/mol. The van der Waals surface area contributed by atoms with Crippen LogP contribution < -0.4 is 16.2 Å². The van der Waals surface area contributed by atoms with Gasteiger partial charge in [-0.2, -0.15) is 0 Å². The van der Waals surface area contributed by atoms with E-state index >= 15 is 0 Å². The SMILES string of the molecule is Cn1c(=O)cc(C(=O)NC[C@@H]2CCCN2)c2ccccc21. The van der Waals surface area contributed by atoms with Gasteiger partial charge in [-0.05, 0) is 25.5 Å². The molecule has 5 nitrogen and oxygen atoms in total. The number of amides is 1. The minimum absolute atomic E-state index is 0.169. The van der Waals surface area contributed by atoms with Gasteiger partial charge < -0.3 is 15.2 Å². The highest BCUT2D eigenvalue weighted by atomic mass is 16.2. The summed E-state index contributed by atoms with van der Waals surface area (Å²) in [6, 6.07) is 9.23. The van der Waals surface area contributed by atoms with Gasteiger partial charge in [0.2, 0.25) is 0 Å². The molecule has 0 saturated carbocycles. The van der Waals surface area contributed by atoms with Crippen LogP contribution >= 0.6 is 0 Å². The second-order valence-electron chi connectivity index (χ2n) is 5.48. The number of para-hydroxylation sites is 1. The standard InChI is InChI=1S/C16H19N3O2/c1-19-14-7-3-2-6-12(14)13(9-15(19)20)16(21)18-10-11-5-4-8-17-11/h2-3,6-7,9,11,17H,4-5,8,10H2,1H3,(H,18,21)/t11-/m0/s1. The van der Waals surface area contributed by atoms with E-state index in [0.29, 0.717) is 18.2 Å². The van der Waals surface area contributed by atoms with Crippen molar-refractivity contribution < 1.29 is 4.79 Å². The molecule has 2 aromatic rings. The van der Waals surface area contributed by atoms with Crippen molar-refractivity contribution in [2.75, 3.05) is 13.1 Å². The Balaban J connectivity index is 1.90. The smallest absolute Gasteiger partial charge is 0.252 e. The van der Waals surface area contributed by atoms with Gasteiger partial charge >= 0.3 is 0 Å². The van der Waals surface area contributed by atoms with Crippen LogP contribution in [0, 0.1) is 0 Å². The lowest BCUT2D eigenvalue weighted by Crippen LogP contribution is -2.37. The summed E-state index contributed by atoms with van der Waals surface area (Å²) >= 11 is 0. The molecule has 1 fully saturated rings. The molecule has 1 aliphatic rings. The number of pyridine rings is 1. The number of rotatable bonds is 3. The third-order valence-electron chi connectivity index (χ3n) is 4.07. The van der Waals surface area contributed by atoms with E-state index in [9.17, 15) is 9.59 Å². The Bertz CT molecular complexity index is 730. The van der Waals surface area contributed by atoms with Gasteiger partial charge in [0.1, 0.15) is 0 Å². The molecule has 1 amide bonds. The van der Waals surface area contributed by atoms with Gasteiger partial charge in [0, 0.05) is 31.1 Å². The number of hydrogen-bond acceptors (Lipinski definition) is 3. The van der Waals surface area contributed by atoms with Crippen molar-refractivity contribution in [3.8, 4) is 0 Å². The fraction of sp³-hybridized carbons (Fsp3) is 0.375. The van der Waals surface area contributed by atoms with Gasteiger partial charge in [0.05, 0.1) is 11.1 Å². The molecule has 0 radical (unpaired) electrons. The first kappa shape index (κ1) is 13.8. The Morgan fingerprint density at radius 2 is 2.24 bits per heavy atom. The lowest BCUT2D eigenvalue weighted by Gasteiger charge is -2.13. The van der Waals surface area contributed by atoms with Crippen LogP contribution in [0.3, 0.4) is 0 Å². The minimum Gasteiger partial charge on any atom is -0.350 e. The summed E-state index contributed by atoms with van der Waals surface area (Å²) in [7, 11) is 1.72. The molecule has 3 rings (SSSR count). The topological polar surface area (TPSA) is 63.1 Å². The van der Waals surface area contributed by atoms with Crippen molar-refractivity contribution in [1.29, 1.82) is 0 Å². The van der Waals surface area contributed by atoms with Crippen molar-refractivity contribution in [3.63, 3.8) is 0 Å². The van der Waals surface area contributed by atoms with Gasteiger partial charge in [0.25, 0.3) is 11.5 Å². The summed E-state index contributed by atoms with van der Waals surface area (Å²) in [5, 5.41) is 7.07. The highest BCUT2D eigenvalue weighted by Gasteiger charge is 2.17. The maximum Gasteiger partial charge on any atom is 0.252 e. The Labute approximate surface area is 123 Å². The molecule has 110 valence electrons. The lowest BCUT2D eigenvalue weighted by molar-refractivity contribution is 0.0952. The Hall–Kier alpha value is -2.14. The van der Waals surface area contributed by atoms with E-state index in [4.69, 9.17) is 0 Å². The monoisotopic (exact) mass is 285 g/mol. The minimum atomic E-state index is -0.183. The van der Waals surface area contributed by atoms with Crippen LogP contribution in [0.5, 0.6) is 0 Å². The van der Waals surface area contributed by atoms with Crippen LogP contribution in [-0.2, 0) is 7.05 Å². The molecular weight excluding hydrogens is 266 g/mol. The average Bonchev–Trinajstić information content (AvgIpc) is 3.02. The quantitative estimate of drug-likeness (QED) is 0.885. The molecule has 5 heteroatoms. The van der Waals surface area contributed by atoms with Gasteiger partial charge in [-0.15, -0.1) is 0 Å². The molecule has 1 atom stereocenters. The summed E-state index contributed by atoms with van der Waals surface area (Å²) in [6.07, 6.45) is 2.23. The van der Waals surface area contributed by atoms with Crippen molar-refractivity contribution in [1.82, 2.24) is 15.2 Å².